The lowest BCUT2D eigenvalue weighted by molar-refractivity contribution is 0.184. The maximum atomic E-state index is 13.4. The average molecular weight is 295 g/mol. The van der Waals surface area contributed by atoms with E-state index in [1.807, 2.05) is 17.0 Å². The van der Waals surface area contributed by atoms with Gasteiger partial charge in [0.25, 0.3) is 0 Å². The van der Waals surface area contributed by atoms with Gasteiger partial charge in [0.2, 0.25) is 0 Å². The zero-order valence-corrected chi connectivity index (χ0v) is 11.7. The first kappa shape index (κ1) is 14.9. The first-order valence-corrected chi connectivity index (χ1v) is 6.73. The molecule has 5 heteroatoms. The maximum absolute atomic E-state index is 13.4. The van der Waals surface area contributed by atoms with Gasteiger partial charge in [0.05, 0.1) is 11.6 Å². The van der Waals surface area contributed by atoms with E-state index in [1.54, 1.807) is 24.5 Å². The summed E-state index contributed by atoms with van der Waals surface area (Å²) in [5.74, 6) is -0.422. The zero-order valence-electron chi connectivity index (χ0n) is 11.0. The van der Waals surface area contributed by atoms with Gasteiger partial charge in [-0.25, -0.2) is 4.39 Å². The van der Waals surface area contributed by atoms with E-state index in [4.69, 9.17) is 16.7 Å². The van der Waals surface area contributed by atoms with Gasteiger partial charge >= 0.3 is 0 Å². The van der Waals surface area contributed by atoms with Gasteiger partial charge in [-0.2, -0.15) is 0 Å². The number of benzene rings is 1. The summed E-state index contributed by atoms with van der Waals surface area (Å²) in [6.07, 6.45) is 3.50. The molecule has 0 spiro atoms. The molecule has 1 aromatic carbocycles. The van der Waals surface area contributed by atoms with E-state index in [1.165, 1.54) is 6.07 Å². The molecule has 106 valence electrons. The third kappa shape index (κ3) is 4.27. The summed E-state index contributed by atoms with van der Waals surface area (Å²) in [6.45, 7) is 1.76. The zero-order chi connectivity index (χ0) is 14.4. The Morgan fingerprint density at radius 2 is 2.00 bits per heavy atom. The van der Waals surface area contributed by atoms with Gasteiger partial charge in [-0.05, 0) is 29.3 Å². The van der Waals surface area contributed by atoms with Crippen LogP contribution < -0.4 is 0 Å². The minimum absolute atomic E-state index is 0.0519. The maximum Gasteiger partial charge on any atom is 0.142 e. The molecule has 1 heterocycles. The predicted molar refractivity (Wildman–Crippen MR) is 76.8 cm³/mol. The lowest BCUT2D eigenvalue weighted by Crippen LogP contribution is -2.26. The Hall–Kier alpha value is -1.49. The number of aliphatic hydroxyl groups excluding tert-OH is 1. The summed E-state index contributed by atoms with van der Waals surface area (Å²) >= 11 is 5.67. The smallest absolute Gasteiger partial charge is 0.142 e. The number of nitrogens with zero attached hydrogens (tertiary/aromatic N) is 2. The quantitative estimate of drug-likeness (QED) is 0.890. The van der Waals surface area contributed by atoms with Crippen molar-refractivity contribution in [1.82, 2.24) is 9.88 Å². The molecule has 2 rings (SSSR count). The molecule has 0 amide bonds. The highest BCUT2D eigenvalue weighted by atomic mass is 35.5. The molecule has 0 unspecified atom stereocenters. The lowest BCUT2D eigenvalue weighted by Gasteiger charge is -2.21. The number of hydrogen-bond acceptors (Lipinski definition) is 3. The summed E-state index contributed by atoms with van der Waals surface area (Å²) in [4.78, 5) is 6.09. The van der Waals surface area contributed by atoms with Gasteiger partial charge in [0.15, 0.2) is 0 Å². The van der Waals surface area contributed by atoms with E-state index in [2.05, 4.69) is 4.98 Å². The van der Waals surface area contributed by atoms with Crippen LogP contribution in [0.5, 0.6) is 0 Å². The minimum Gasteiger partial charge on any atom is -0.395 e. The van der Waals surface area contributed by atoms with Crippen LogP contribution in [0.2, 0.25) is 5.02 Å². The second-order valence-electron chi connectivity index (χ2n) is 4.54. The molecule has 0 saturated heterocycles. The van der Waals surface area contributed by atoms with Crippen LogP contribution >= 0.6 is 11.6 Å². The van der Waals surface area contributed by atoms with Crippen LogP contribution in [0.3, 0.4) is 0 Å². The number of rotatable bonds is 6. The molecular formula is C15H16ClFN2O. The van der Waals surface area contributed by atoms with Crippen LogP contribution in [0, 0.1) is 5.82 Å². The van der Waals surface area contributed by atoms with Crippen molar-refractivity contribution in [3.63, 3.8) is 0 Å². The SMILES string of the molecule is OCCN(Cc1cccnc1)Cc1ccc(Cl)c(F)c1. The third-order valence-corrected chi connectivity index (χ3v) is 3.24. The van der Waals surface area contributed by atoms with Crippen molar-refractivity contribution >= 4 is 11.6 Å². The van der Waals surface area contributed by atoms with Crippen molar-refractivity contribution in [2.24, 2.45) is 0 Å². The highest BCUT2D eigenvalue weighted by Crippen LogP contribution is 2.17. The molecule has 0 aliphatic heterocycles. The fourth-order valence-corrected chi connectivity index (χ4v) is 2.12. The number of aliphatic hydroxyl groups is 1. The van der Waals surface area contributed by atoms with Crippen LogP contribution in [0.15, 0.2) is 42.7 Å². The van der Waals surface area contributed by atoms with Crippen LogP contribution in [0.4, 0.5) is 4.39 Å². The van der Waals surface area contributed by atoms with Crippen molar-refractivity contribution < 1.29 is 9.50 Å². The van der Waals surface area contributed by atoms with Gasteiger partial charge < -0.3 is 5.11 Å². The van der Waals surface area contributed by atoms with Gasteiger partial charge in [0.1, 0.15) is 5.82 Å². The predicted octanol–water partition coefficient (Wildman–Crippen LogP) is 2.87. The molecule has 0 aliphatic carbocycles. The molecule has 2 aromatic rings. The summed E-state index contributed by atoms with van der Waals surface area (Å²) in [7, 11) is 0. The highest BCUT2D eigenvalue weighted by Gasteiger charge is 2.08. The topological polar surface area (TPSA) is 36.4 Å². The van der Waals surface area contributed by atoms with Gasteiger partial charge in [0, 0.05) is 32.0 Å². The van der Waals surface area contributed by atoms with Crippen molar-refractivity contribution in [3.8, 4) is 0 Å². The third-order valence-electron chi connectivity index (χ3n) is 2.94. The molecule has 0 atom stereocenters. The van der Waals surface area contributed by atoms with E-state index < -0.39 is 5.82 Å². The van der Waals surface area contributed by atoms with Gasteiger partial charge in [-0.15, -0.1) is 0 Å². The fraction of sp³-hybridized carbons (Fsp3) is 0.267. The Bertz CT molecular complexity index is 551. The molecule has 1 aromatic heterocycles. The molecule has 20 heavy (non-hydrogen) atoms. The van der Waals surface area contributed by atoms with Crippen LogP contribution in [0.25, 0.3) is 0 Å². The van der Waals surface area contributed by atoms with Crippen molar-refractivity contribution in [2.75, 3.05) is 13.2 Å². The van der Waals surface area contributed by atoms with Crippen LogP contribution in [0.1, 0.15) is 11.1 Å². The summed E-state index contributed by atoms with van der Waals surface area (Å²) < 4.78 is 13.4. The van der Waals surface area contributed by atoms with Gasteiger partial charge in [-0.1, -0.05) is 23.7 Å². The van der Waals surface area contributed by atoms with E-state index in [9.17, 15) is 4.39 Å². The lowest BCUT2D eigenvalue weighted by atomic mass is 10.2. The summed E-state index contributed by atoms with van der Waals surface area (Å²) in [5, 5.41) is 9.26. The van der Waals surface area contributed by atoms with Gasteiger partial charge in [-0.3, -0.25) is 9.88 Å². The van der Waals surface area contributed by atoms with Crippen molar-refractivity contribution in [1.29, 1.82) is 0 Å². The minimum atomic E-state index is -0.422. The number of hydrogen-bond donors (Lipinski definition) is 1. The second-order valence-corrected chi connectivity index (χ2v) is 4.95. The largest absolute Gasteiger partial charge is 0.395 e. The number of aromatic nitrogens is 1. The average Bonchev–Trinajstić information content (AvgIpc) is 2.44. The van der Waals surface area contributed by atoms with Crippen molar-refractivity contribution in [3.05, 3.63) is 64.7 Å². The molecule has 0 radical (unpaired) electrons. The molecular weight excluding hydrogens is 279 g/mol. The Kier molecular flexibility index (Phi) is 5.47. The summed E-state index contributed by atoms with van der Waals surface area (Å²) in [5.41, 5.74) is 1.87. The van der Waals surface area contributed by atoms with E-state index in [-0.39, 0.29) is 11.6 Å². The second kappa shape index (κ2) is 7.33. The highest BCUT2D eigenvalue weighted by molar-refractivity contribution is 6.30. The fourth-order valence-electron chi connectivity index (χ4n) is 2.00. The molecule has 1 N–H and O–H groups in total. The number of halogens is 2. The standard InChI is InChI=1S/C15H16ClFN2O/c16-14-4-3-12(8-15(14)17)10-19(6-7-20)11-13-2-1-5-18-9-13/h1-5,8-9,20H,6-7,10-11H2. The molecule has 3 nitrogen and oxygen atoms in total. The first-order valence-electron chi connectivity index (χ1n) is 6.35. The molecule has 0 saturated carbocycles. The van der Waals surface area contributed by atoms with Crippen molar-refractivity contribution in [2.45, 2.75) is 13.1 Å². The van der Waals surface area contributed by atoms with E-state index in [0.29, 0.717) is 19.6 Å². The van der Waals surface area contributed by atoms with Crippen LogP contribution in [-0.2, 0) is 13.1 Å². The Labute approximate surface area is 122 Å². The molecule has 0 aliphatic rings. The Morgan fingerprint density at radius 3 is 2.65 bits per heavy atom. The van der Waals surface area contributed by atoms with E-state index >= 15 is 0 Å². The van der Waals surface area contributed by atoms with E-state index in [0.717, 1.165) is 11.1 Å². The Morgan fingerprint density at radius 1 is 1.20 bits per heavy atom. The number of pyridine rings is 1. The molecule has 0 bridgehead atoms. The monoisotopic (exact) mass is 294 g/mol. The van der Waals surface area contributed by atoms with Crippen LogP contribution in [-0.4, -0.2) is 28.1 Å². The normalized spacial score (nSPS) is 11.0. The first-order chi connectivity index (χ1) is 9.69. The summed E-state index contributed by atoms with van der Waals surface area (Å²) in [6, 6.07) is 8.61. The molecule has 0 fully saturated rings. The Balaban J connectivity index is 2.06.